The molecule has 0 bridgehead atoms. The van der Waals surface area contributed by atoms with Gasteiger partial charge >= 0.3 is 16.1 Å². The average Bonchev–Trinajstić information content (AvgIpc) is 2.03. The Morgan fingerprint density at radius 1 is 1.57 bits per heavy atom. The first-order valence-electron chi connectivity index (χ1n) is 3.44. The van der Waals surface area contributed by atoms with Gasteiger partial charge in [-0.3, -0.25) is 4.28 Å². The Bertz CT molecular complexity index is 378. The third-order valence-corrected chi connectivity index (χ3v) is 1.18. The zero-order chi connectivity index (χ0) is 11.2. The summed E-state index contributed by atoms with van der Waals surface area (Å²) in [6.45, 7) is 1.59. The fourth-order valence-corrected chi connectivity index (χ4v) is 0.618. The van der Waals surface area contributed by atoms with Crippen molar-refractivity contribution in [3.63, 3.8) is 0 Å². The van der Waals surface area contributed by atoms with E-state index in [2.05, 4.69) is 14.2 Å². The second kappa shape index (κ2) is 5.18. The normalized spacial score (nSPS) is 11.6. The van der Waals surface area contributed by atoms with Crippen LogP contribution in [-0.2, 0) is 23.9 Å². The van der Waals surface area contributed by atoms with Crippen LogP contribution in [0.15, 0.2) is 5.16 Å². The minimum atomic E-state index is -3.82. The van der Waals surface area contributed by atoms with Crippen LogP contribution in [0, 0.1) is 11.3 Å². The lowest BCUT2D eigenvalue weighted by Gasteiger charge is -1.97. The van der Waals surface area contributed by atoms with E-state index in [4.69, 9.17) is 5.26 Å². The van der Waals surface area contributed by atoms with Crippen LogP contribution in [0.1, 0.15) is 6.92 Å². The standard InChI is InChI=1S/C6H8N2O5S/c1-3-12-6(9)5(4-7)8-13-14(2,10)11/h3H2,1-2H3/b8-5+. The molecule has 0 fully saturated rings. The summed E-state index contributed by atoms with van der Waals surface area (Å²) < 4.78 is 29.2. The number of esters is 1. The van der Waals surface area contributed by atoms with Crippen molar-refractivity contribution in [2.24, 2.45) is 5.16 Å². The zero-order valence-electron chi connectivity index (χ0n) is 7.55. The van der Waals surface area contributed by atoms with Gasteiger partial charge in [-0.15, -0.1) is 0 Å². The minimum absolute atomic E-state index is 0.0540. The molecule has 0 saturated heterocycles. The van der Waals surface area contributed by atoms with Gasteiger partial charge in [-0.2, -0.15) is 13.7 Å². The van der Waals surface area contributed by atoms with Crippen LogP contribution in [0.5, 0.6) is 0 Å². The lowest BCUT2D eigenvalue weighted by molar-refractivity contribution is -0.135. The van der Waals surface area contributed by atoms with Crippen molar-refractivity contribution >= 4 is 21.8 Å². The number of ether oxygens (including phenoxy) is 1. The Kier molecular flexibility index (Phi) is 4.58. The molecule has 0 rings (SSSR count). The molecule has 0 aromatic heterocycles. The number of carbonyl (C=O) groups is 1. The second-order valence-corrected chi connectivity index (χ2v) is 3.61. The SMILES string of the molecule is CCOC(=O)/C(C#N)=N/OS(C)(=O)=O. The molecule has 0 spiro atoms. The van der Waals surface area contributed by atoms with Gasteiger partial charge in [0.2, 0.25) is 0 Å². The first-order valence-corrected chi connectivity index (χ1v) is 5.26. The molecule has 0 saturated carbocycles. The third kappa shape index (κ3) is 5.10. The predicted molar refractivity (Wildman–Crippen MR) is 45.6 cm³/mol. The first-order chi connectivity index (χ1) is 6.40. The molecule has 0 radical (unpaired) electrons. The molecule has 0 aromatic rings. The van der Waals surface area contributed by atoms with Gasteiger partial charge in [-0.1, -0.05) is 0 Å². The van der Waals surface area contributed by atoms with Gasteiger partial charge in [0.15, 0.2) is 0 Å². The van der Waals surface area contributed by atoms with Gasteiger partial charge in [0.05, 0.1) is 12.9 Å². The molecule has 7 nitrogen and oxygen atoms in total. The lowest BCUT2D eigenvalue weighted by atomic mass is 10.4. The molecule has 0 unspecified atom stereocenters. The summed E-state index contributed by atoms with van der Waals surface area (Å²) in [4.78, 5) is 10.8. The fourth-order valence-electron chi connectivity index (χ4n) is 0.408. The summed E-state index contributed by atoms with van der Waals surface area (Å²) in [5, 5.41) is 11.2. The molecular weight excluding hydrogens is 212 g/mol. The van der Waals surface area contributed by atoms with E-state index in [-0.39, 0.29) is 6.61 Å². The maximum atomic E-state index is 10.8. The number of nitrogens with zero attached hydrogens (tertiary/aromatic N) is 2. The van der Waals surface area contributed by atoms with E-state index < -0.39 is 21.8 Å². The van der Waals surface area contributed by atoms with E-state index in [1.807, 2.05) is 0 Å². The quantitative estimate of drug-likeness (QED) is 0.356. The minimum Gasteiger partial charge on any atom is -0.461 e. The molecule has 78 valence electrons. The van der Waals surface area contributed by atoms with Gasteiger partial charge < -0.3 is 4.74 Å². The largest absolute Gasteiger partial charge is 0.461 e. The average molecular weight is 220 g/mol. The molecule has 8 heteroatoms. The Balaban J connectivity index is 4.59. The van der Waals surface area contributed by atoms with Crippen LogP contribution in [0.25, 0.3) is 0 Å². The first kappa shape index (κ1) is 12.4. The van der Waals surface area contributed by atoms with Gasteiger partial charge in [0, 0.05) is 0 Å². The summed E-state index contributed by atoms with van der Waals surface area (Å²) in [5.41, 5.74) is -0.753. The van der Waals surface area contributed by atoms with E-state index in [1.165, 1.54) is 13.0 Å². The Morgan fingerprint density at radius 3 is 2.50 bits per heavy atom. The molecular formula is C6H8N2O5S. The lowest BCUT2D eigenvalue weighted by Crippen LogP contribution is -2.16. The molecule has 0 aromatic carbocycles. The highest BCUT2D eigenvalue weighted by Crippen LogP contribution is 1.91. The van der Waals surface area contributed by atoms with Crippen molar-refractivity contribution in [3.8, 4) is 6.07 Å². The topological polar surface area (TPSA) is 106 Å². The Morgan fingerprint density at radius 2 is 2.14 bits per heavy atom. The Labute approximate surface area is 81.0 Å². The number of oxime groups is 1. The van der Waals surface area contributed by atoms with E-state index in [1.54, 1.807) is 0 Å². The van der Waals surface area contributed by atoms with E-state index in [0.29, 0.717) is 0 Å². The second-order valence-electron chi connectivity index (χ2n) is 2.05. The van der Waals surface area contributed by atoms with Crippen LogP contribution in [-0.4, -0.2) is 33.0 Å². The summed E-state index contributed by atoms with van der Waals surface area (Å²) in [7, 11) is -3.82. The van der Waals surface area contributed by atoms with Crippen molar-refractivity contribution in [3.05, 3.63) is 0 Å². The molecule has 0 aliphatic rings. The van der Waals surface area contributed by atoms with Crippen molar-refractivity contribution in [1.82, 2.24) is 0 Å². The number of carbonyl (C=O) groups excluding carboxylic acids is 1. The third-order valence-electron chi connectivity index (χ3n) is 0.839. The van der Waals surface area contributed by atoms with E-state index in [9.17, 15) is 13.2 Å². The van der Waals surface area contributed by atoms with E-state index >= 15 is 0 Å². The summed E-state index contributed by atoms with van der Waals surface area (Å²) in [6, 6.07) is 1.35. The van der Waals surface area contributed by atoms with Crippen LogP contribution < -0.4 is 0 Å². The zero-order valence-corrected chi connectivity index (χ0v) is 8.37. The van der Waals surface area contributed by atoms with Crippen molar-refractivity contribution in [2.45, 2.75) is 6.92 Å². The van der Waals surface area contributed by atoms with Crippen molar-refractivity contribution in [1.29, 1.82) is 5.26 Å². The van der Waals surface area contributed by atoms with Crippen LogP contribution in [0.4, 0.5) is 0 Å². The van der Waals surface area contributed by atoms with Crippen LogP contribution in [0.3, 0.4) is 0 Å². The van der Waals surface area contributed by atoms with Crippen molar-refractivity contribution in [2.75, 3.05) is 12.9 Å². The summed E-state index contributed by atoms with van der Waals surface area (Å²) >= 11 is 0. The molecule has 0 aliphatic carbocycles. The van der Waals surface area contributed by atoms with Crippen molar-refractivity contribution < 1.29 is 22.2 Å². The number of nitriles is 1. The molecule has 0 N–H and O–H groups in total. The number of rotatable bonds is 4. The van der Waals surface area contributed by atoms with Crippen LogP contribution >= 0.6 is 0 Å². The highest BCUT2D eigenvalue weighted by molar-refractivity contribution is 7.85. The predicted octanol–water partition coefficient (Wildman–Crippen LogP) is -0.595. The van der Waals surface area contributed by atoms with Gasteiger partial charge in [0.1, 0.15) is 6.07 Å². The fraction of sp³-hybridized carbons (Fsp3) is 0.500. The van der Waals surface area contributed by atoms with Crippen LogP contribution in [0.2, 0.25) is 0 Å². The summed E-state index contributed by atoms with van der Waals surface area (Å²) in [5.74, 6) is -1.03. The maximum absolute atomic E-state index is 10.8. The monoisotopic (exact) mass is 220 g/mol. The molecule has 0 heterocycles. The molecule has 0 aliphatic heterocycles. The smallest absolute Gasteiger partial charge is 0.371 e. The van der Waals surface area contributed by atoms with Gasteiger partial charge in [0.25, 0.3) is 5.71 Å². The molecule has 0 atom stereocenters. The number of hydrogen-bond donors (Lipinski definition) is 0. The maximum Gasteiger partial charge on any atom is 0.371 e. The highest BCUT2D eigenvalue weighted by atomic mass is 32.2. The van der Waals surface area contributed by atoms with Gasteiger partial charge in [-0.25, -0.2) is 4.79 Å². The molecule has 14 heavy (non-hydrogen) atoms. The number of hydrogen-bond acceptors (Lipinski definition) is 7. The Hall–Kier alpha value is -1.62. The van der Waals surface area contributed by atoms with Gasteiger partial charge in [-0.05, 0) is 12.1 Å². The highest BCUT2D eigenvalue weighted by Gasteiger charge is 2.14. The summed E-state index contributed by atoms with van der Waals surface area (Å²) in [6.07, 6.45) is 0.733. The molecule has 0 amide bonds. The van der Waals surface area contributed by atoms with E-state index in [0.717, 1.165) is 6.26 Å².